The molecule has 0 spiro atoms. The van der Waals surface area contributed by atoms with Crippen LogP contribution >= 0.6 is 0 Å². The lowest BCUT2D eigenvalue weighted by molar-refractivity contribution is -0.134. The van der Waals surface area contributed by atoms with Crippen LogP contribution in [-0.2, 0) is 35.1 Å². The van der Waals surface area contributed by atoms with Crippen LogP contribution in [0.2, 0.25) is 0 Å². The second-order valence-corrected chi connectivity index (χ2v) is 12.1. The quantitative estimate of drug-likeness (QED) is 0.220. The molecule has 1 aliphatic carbocycles. The average molecular weight is 603 g/mol. The highest BCUT2D eigenvalue weighted by Gasteiger charge is 2.50. The van der Waals surface area contributed by atoms with Crippen LogP contribution in [0.1, 0.15) is 51.5 Å². The first-order chi connectivity index (χ1) is 20.6. The zero-order valence-electron chi connectivity index (χ0n) is 25.4. The lowest BCUT2D eigenvalue weighted by Crippen LogP contribution is -2.57. The van der Waals surface area contributed by atoms with Gasteiger partial charge in [-0.25, -0.2) is 0 Å². The topological polar surface area (TPSA) is 159 Å². The number of ketones is 1. The van der Waals surface area contributed by atoms with Crippen LogP contribution in [0.3, 0.4) is 0 Å². The van der Waals surface area contributed by atoms with Crippen LogP contribution in [0.4, 0.5) is 0 Å². The molecular weight excluding hydrogens is 556 g/mol. The summed E-state index contributed by atoms with van der Waals surface area (Å²) in [5.41, 5.74) is -0.146. The second kappa shape index (κ2) is 15.1. The first-order valence-corrected chi connectivity index (χ1v) is 15.3. The summed E-state index contributed by atoms with van der Waals surface area (Å²) in [5.74, 6) is -0.644. The van der Waals surface area contributed by atoms with E-state index in [-0.39, 0.29) is 36.7 Å². The van der Waals surface area contributed by atoms with Crippen LogP contribution in [0, 0.1) is 5.92 Å². The van der Waals surface area contributed by atoms with E-state index in [1.807, 2.05) is 17.0 Å². The number of hydrogen-bond acceptors (Lipinski definition) is 9. The highest BCUT2D eigenvalue weighted by Crippen LogP contribution is 2.33. The Bertz CT molecular complexity index is 1110. The molecule has 3 amide bonds. The molecule has 1 saturated carbocycles. The Morgan fingerprint density at radius 2 is 1.63 bits per heavy atom. The van der Waals surface area contributed by atoms with Crippen molar-refractivity contribution in [3.8, 4) is 5.75 Å². The van der Waals surface area contributed by atoms with Crippen LogP contribution in [0.5, 0.6) is 5.75 Å². The van der Waals surface area contributed by atoms with Crippen LogP contribution in [0.15, 0.2) is 24.3 Å². The maximum atomic E-state index is 13.8. The Balaban J connectivity index is 1.44. The third-order valence-electron chi connectivity index (χ3n) is 8.59. The molecule has 12 nitrogen and oxygen atoms in total. The number of Topliss-reactive ketones (excluding diaryl/α,β-unsaturated/α-hetero) is 1. The summed E-state index contributed by atoms with van der Waals surface area (Å²) in [5, 5.41) is 18.4. The summed E-state index contributed by atoms with van der Waals surface area (Å²) in [6.07, 6.45) is 3.15. The van der Waals surface area contributed by atoms with Gasteiger partial charge < -0.3 is 35.3 Å². The Morgan fingerprint density at radius 3 is 2.23 bits per heavy atom. The van der Waals surface area contributed by atoms with E-state index < -0.39 is 35.5 Å². The van der Waals surface area contributed by atoms with Gasteiger partial charge in [-0.15, -0.1) is 0 Å². The summed E-state index contributed by atoms with van der Waals surface area (Å²) >= 11 is 0. The van der Waals surface area contributed by atoms with Crippen molar-refractivity contribution in [2.75, 3.05) is 46.6 Å². The molecule has 4 N–H and O–H groups in total. The van der Waals surface area contributed by atoms with Crippen molar-refractivity contribution in [3.05, 3.63) is 29.8 Å². The number of ether oxygens (including phenoxy) is 3. The molecule has 238 valence electrons. The number of rotatable bonds is 14. The molecule has 2 aliphatic heterocycles. The fraction of sp³-hybridized carbons (Fsp3) is 0.677. The molecule has 3 fully saturated rings. The fourth-order valence-corrected chi connectivity index (χ4v) is 5.66. The summed E-state index contributed by atoms with van der Waals surface area (Å²) < 4.78 is 16.0. The lowest BCUT2D eigenvalue weighted by Gasteiger charge is -2.30. The van der Waals surface area contributed by atoms with Crippen molar-refractivity contribution < 1.29 is 38.5 Å². The number of methoxy groups -OCH3 is 1. The standard InChI is InChI=1S/C31H46N4O8/c1-20(32-27(37)18-35-12-14-42-15-13-35)29(39)34-26(17-22-6-10-24(41-3)11-7-22)30(40)33-25(28(38)31(2)19-43-31)16-21-4-8-23(36)9-5-21/h6-7,10-11,20-21,23,25-26,36H,4-5,8-9,12-19H2,1-3H3,(H,32,37)(H,33,40)(H,34,39). The van der Waals surface area contributed by atoms with Gasteiger partial charge in [-0.3, -0.25) is 24.1 Å². The van der Waals surface area contributed by atoms with Crippen LogP contribution < -0.4 is 20.7 Å². The molecule has 3 aliphatic rings. The third kappa shape index (κ3) is 9.72. The summed E-state index contributed by atoms with van der Waals surface area (Å²) in [6, 6.07) is 4.49. The summed E-state index contributed by atoms with van der Waals surface area (Å²) in [4.78, 5) is 55.0. The molecule has 12 heteroatoms. The van der Waals surface area contributed by atoms with E-state index in [1.54, 1.807) is 33.1 Å². The molecule has 4 rings (SSSR count). The van der Waals surface area contributed by atoms with E-state index in [9.17, 15) is 24.3 Å². The maximum Gasteiger partial charge on any atom is 0.243 e. The number of hydrogen-bond donors (Lipinski definition) is 4. The van der Waals surface area contributed by atoms with E-state index in [2.05, 4.69) is 16.0 Å². The smallest absolute Gasteiger partial charge is 0.243 e. The first kappa shape index (κ1) is 32.8. The molecule has 2 saturated heterocycles. The van der Waals surface area contributed by atoms with Crippen molar-refractivity contribution in [3.63, 3.8) is 0 Å². The molecule has 1 aromatic rings. The predicted octanol–water partition coefficient (Wildman–Crippen LogP) is 0.343. The summed E-state index contributed by atoms with van der Waals surface area (Å²) in [7, 11) is 1.56. The van der Waals surface area contributed by atoms with Gasteiger partial charge in [-0.2, -0.15) is 0 Å². The Kier molecular flexibility index (Phi) is 11.5. The molecule has 1 aromatic carbocycles. The van der Waals surface area contributed by atoms with Gasteiger partial charge in [0.15, 0.2) is 5.78 Å². The number of carbonyl (C=O) groups excluding carboxylic acids is 4. The van der Waals surface area contributed by atoms with E-state index >= 15 is 0 Å². The van der Waals surface area contributed by atoms with Gasteiger partial charge >= 0.3 is 0 Å². The minimum absolute atomic E-state index is 0.152. The lowest BCUT2D eigenvalue weighted by atomic mass is 9.81. The van der Waals surface area contributed by atoms with Gasteiger partial charge in [0.25, 0.3) is 0 Å². The molecule has 4 unspecified atom stereocenters. The van der Waals surface area contributed by atoms with Crippen molar-refractivity contribution >= 4 is 23.5 Å². The van der Waals surface area contributed by atoms with E-state index in [4.69, 9.17) is 14.2 Å². The van der Waals surface area contributed by atoms with Gasteiger partial charge in [0, 0.05) is 19.5 Å². The molecule has 0 radical (unpaired) electrons. The van der Waals surface area contributed by atoms with Crippen molar-refractivity contribution in [1.82, 2.24) is 20.9 Å². The molecule has 4 atom stereocenters. The normalized spacial score (nSPS) is 26.0. The van der Waals surface area contributed by atoms with Gasteiger partial charge in [0.2, 0.25) is 17.7 Å². The number of aliphatic hydroxyl groups excluding tert-OH is 1. The molecule has 0 aromatic heterocycles. The van der Waals surface area contributed by atoms with Gasteiger partial charge in [0.1, 0.15) is 23.4 Å². The maximum absolute atomic E-state index is 13.8. The van der Waals surface area contributed by atoms with E-state index in [0.717, 1.165) is 18.4 Å². The van der Waals surface area contributed by atoms with Crippen molar-refractivity contribution in [2.24, 2.45) is 5.92 Å². The number of amides is 3. The second-order valence-electron chi connectivity index (χ2n) is 12.1. The van der Waals surface area contributed by atoms with Gasteiger partial charge in [-0.05, 0) is 69.6 Å². The zero-order chi connectivity index (χ0) is 31.0. The Morgan fingerprint density at radius 1 is 1.00 bits per heavy atom. The minimum Gasteiger partial charge on any atom is -0.497 e. The van der Waals surface area contributed by atoms with Crippen LogP contribution in [-0.4, -0.2) is 110 Å². The number of epoxide rings is 1. The van der Waals surface area contributed by atoms with Gasteiger partial charge in [0.05, 0.1) is 45.6 Å². The SMILES string of the molecule is COc1ccc(CC(NC(=O)C(C)NC(=O)CN2CCOCC2)C(=O)NC(CC2CCC(O)CC2)C(=O)C2(C)CO2)cc1. The third-order valence-corrected chi connectivity index (χ3v) is 8.59. The zero-order valence-corrected chi connectivity index (χ0v) is 25.4. The number of morpholine rings is 1. The molecule has 43 heavy (non-hydrogen) atoms. The van der Waals surface area contributed by atoms with Crippen molar-refractivity contribution in [1.29, 1.82) is 0 Å². The highest BCUT2D eigenvalue weighted by atomic mass is 16.6. The average Bonchev–Trinajstić information content (AvgIpc) is 3.76. The van der Waals surface area contributed by atoms with E-state index in [1.165, 1.54) is 0 Å². The molecule has 0 bridgehead atoms. The largest absolute Gasteiger partial charge is 0.497 e. The fourth-order valence-electron chi connectivity index (χ4n) is 5.66. The first-order valence-electron chi connectivity index (χ1n) is 15.3. The number of benzene rings is 1. The molecule has 2 heterocycles. The Hall–Kier alpha value is -3.06. The van der Waals surface area contributed by atoms with Crippen molar-refractivity contribution in [2.45, 2.75) is 82.2 Å². The monoisotopic (exact) mass is 602 g/mol. The number of aliphatic hydroxyl groups is 1. The minimum atomic E-state index is -1.00. The molecular formula is C31H46N4O8. The van der Waals surface area contributed by atoms with Crippen LogP contribution in [0.25, 0.3) is 0 Å². The predicted molar refractivity (Wildman–Crippen MR) is 157 cm³/mol. The van der Waals surface area contributed by atoms with E-state index in [0.29, 0.717) is 57.9 Å². The Labute approximate surface area is 253 Å². The highest BCUT2D eigenvalue weighted by molar-refractivity contribution is 5.98. The number of nitrogens with zero attached hydrogens (tertiary/aromatic N) is 1. The van der Waals surface area contributed by atoms with Gasteiger partial charge in [-0.1, -0.05) is 12.1 Å². The summed E-state index contributed by atoms with van der Waals surface area (Å²) in [6.45, 7) is 6.15. The number of nitrogens with one attached hydrogen (secondary N) is 3. The number of carbonyl (C=O) groups is 4.